The molecule has 1 aromatic rings. The van der Waals surface area contributed by atoms with Gasteiger partial charge in [0.05, 0.1) is 13.7 Å². The first-order valence-electron chi connectivity index (χ1n) is 5.80. The summed E-state index contributed by atoms with van der Waals surface area (Å²) >= 11 is 12.2. The zero-order valence-electron chi connectivity index (χ0n) is 10.6. The van der Waals surface area contributed by atoms with Gasteiger partial charge < -0.3 is 4.74 Å². The van der Waals surface area contributed by atoms with Gasteiger partial charge in [0.1, 0.15) is 0 Å². The molecule has 3 nitrogen and oxygen atoms in total. The Bertz CT molecular complexity index is 390. The van der Waals surface area contributed by atoms with E-state index in [0.29, 0.717) is 16.6 Å². The molecule has 0 bridgehead atoms. The minimum atomic E-state index is -0.258. The average Bonchev–Trinajstić information content (AvgIpc) is 2.34. The van der Waals surface area contributed by atoms with Crippen LogP contribution in [0.4, 0.5) is 0 Å². The fourth-order valence-electron chi connectivity index (χ4n) is 1.68. The third-order valence-electron chi connectivity index (χ3n) is 2.56. The second-order valence-electron chi connectivity index (χ2n) is 3.99. The number of halogens is 2. The predicted molar refractivity (Wildman–Crippen MR) is 74.0 cm³/mol. The van der Waals surface area contributed by atoms with Gasteiger partial charge in [-0.2, -0.15) is 0 Å². The second kappa shape index (κ2) is 7.62. The molecule has 0 radical (unpaired) electrons. The lowest BCUT2D eigenvalue weighted by molar-refractivity contribution is -0.142. The third-order valence-corrected chi connectivity index (χ3v) is 3.27. The minimum absolute atomic E-state index is 0.242. The van der Waals surface area contributed by atoms with E-state index >= 15 is 0 Å². The summed E-state index contributed by atoms with van der Waals surface area (Å²) in [6.45, 7) is 3.63. The summed E-state index contributed by atoms with van der Waals surface area (Å²) in [5.74, 6) is -0.258. The molecule has 0 heterocycles. The Hall–Kier alpha value is -0.770. The topological polar surface area (TPSA) is 29.5 Å². The van der Waals surface area contributed by atoms with E-state index in [4.69, 9.17) is 23.2 Å². The molecule has 1 rings (SSSR count). The Morgan fingerprint density at radius 3 is 2.44 bits per heavy atom. The van der Waals surface area contributed by atoms with Gasteiger partial charge in [-0.25, -0.2) is 0 Å². The van der Waals surface area contributed by atoms with E-state index in [1.54, 1.807) is 18.2 Å². The summed E-state index contributed by atoms with van der Waals surface area (Å²) in [7, 11) is 1.38. The van der Waals surface area contributed by atoms with Crippen molar-refractivity contribution in [3.63, 3.8) is 0 Å². The molecule has 0 fully saturated rings. The molecule has 0 aliphatic rings. The largest absolute Gasteiger partial charge is 0.468 e. The summed E-state index contributed by atoms with van der Waals surface area (Å²) in [6.07, 6.45) is 0.944. The zero-order valence-corrected chi connectivity index (χ0v) is 12.1. The maximum atomic E-state index is 11.3. The summed E-state index contributed by atoms with van der Waals surface area (Å²) < 4.78 is 4.68. The van der Waals surface area contributed by atoms with E-state index in [-0.39, 0.29) is 12.5 Å². The average molecular weight is 290 g/mol. The Labute approximate surface area is 118 Å². The van der Waals surface area contributed by atoms with Crippen LogP contribution in [0, 0.1) is 0 Å². The first-order chi connectivity index (χ1) is 8.58. The molecular formula is C13H17Cl2NO2. The van der Waals surface area contributed by atoms with Crippen LogP contribution in [0.5, 0.6) is 0 Å². The molecular weight excluding hydrogens is 273 g/mol. The van der Waals surface area contributed by atoms with Crippen molar-refractivity contribution in [3.8, 4) is 0 Å². The van der Waals surface area contributed by atoms with E-state index < -0.39 is 0 Å². The minimum Gasteiger partial charge on any atom is -0.468 e. The van der Waals surface area contributed by atoms with Gasteiger partial charge in [0.25, 0.3) is 0 Å². The van der Waals surface area contributed by atoms with Crippen LogP contribution in [-0.4, -0.2) is 31.1 Å². The molecule has 0 saturated heterocycles. The normalized spacial score (nSPS) is 10.7. The molecule has 0 aromatic heterocycles. The van der Waals surface area contributed by atoms with Gasteiger partial charge in [0.2, 0.25) is 0 Å². The van der Waals surface area contributed by atoms with Crippen LogP contribution >= 0.6 is 23.2 Å². The molecule has 0 N–H and O–H groups in total. The Morgan fingerprint density at radius 1 is 1.33 bits per heavy atom. The molecule has 1 aromatic carbocycles. The molecule has 5 heteroatoms. The van der Waals surface area contributed by atoms with Crippen LogP contribution in [0.1, 0.15) is 18.9 Å². The number of hydrogen-bond acceptors (Lipinski definition) is 3. The molecule has 0 saturated carbocycles. The highest BCUT2D eigenvalue weighted by atomic mass is 35.5. The maximum absolute atomic E-state index is 11.3. The highest BCUT2D eigenvalue weighted by Gasteiger charge is 2.14. The summed E-state index contributed by atoms with van der Waals surface area (Å²) in [5, 5.41) is 1.24. The lowest BCUT2D eigenvalue weighted by Crippen LogP contribution is -2.31. The van der Waals surface area contributed by atoms with Crippen molar-refractivity contribution in [2.45, 2.75) is 19.9 Å². The standard InChI is InChI=1S/C13H17Cl2NO2/c1-3-7-16(9-13(17)18-2)8-10-11(14)5-4-6-12(10)15/h4-6H,3,7-9H2,1-2H3. The van der Waals surface area contributed by atoms with Crippen molar-refractivity contribution in [2.24, 2.45) is 0 Å². The Morgan fingerprint density at radius 2 is 1.94 bits per heavy atom. The first kappa shape index (κ1) is 15.3. The zero-order chi connectivity index (χ0) is 13.5. The van der Waals surface area contributed by atoms with Crippen LogP contribution < -0.4 is 0 Å². The van der Waals surface area contributed by atoms with E-state index in [2.05, 4.69) is 11.7 Å². The smallest absolute Gasteiger partial charge is 0.319 e. The summed E-state index contributed by atoms with van der Waals surface area (Å²) in [6, 6.07) is 5.40. The van der Waals surface area contributed by atoms with Gasteiger partial charge >= 0.3 is 5.97 Å². The first-order valence-corrected chi connectivity index (χ1v) is 6.56. The van der Waals surface area contributed by atoms with Gasteiger partial charge in [0.15, 0.2) is 0 Å². The molecule has 0 atom stereocenters. The van der Waals surface area contributed by atoms with Crippen molar-refractivity contribution in [1.29, 1.82) is 0 Å². The lowest BCUT2D eigenvalue weighted by Gasteiger charge is -2.21. The highest BCUT2D eigenvalue weighted by Crippen LogP contribution is 2.25. The molecule has 0 aliphatic carbocycles. The van der Waals surface area contributed by atoms with E-state index in [9.17, 15) is 4.79 Å². The summed E-state index contributed by atoms with van der Waals surface area (Å²) in [4.78, 5) is 13.3. The van der Waals surface area contributed by atoms with Gasteiger partial charge in [-0.15, -0.1) is 0 Å². The van der Waals surface area contributed by atoms with Gasteiger partial charge in [0, 0.05) is 22.2 Å². The molecule has 0 spiro atoms. The van der Waals surface area contributed by atoms with Gasteiger partial charge in [-0.05, 0) is 25.1 Å². The van der Waals surface area contributed by atoms with E-state index in [1.807, 2.05) is 4.90 Å². The number of esters is 1. The van der Waals surface area contributed by atoms with Crippen LogP contribution in [0.3, 0.4) is 0 Å². The van der Waals surface area contributed by atoms with Crippen LogP contribution in [0.2, 0.25) is 10.0 Å². The van der Waals surface area contributed by atoms with Crippen LogP contribution in [0.15, 0.2) is 18.2 Å². The monoisotopic (exact) mass is 289 g/mol. The van der Waals surface area contributed by atoms with Crippen molar-refractivity contribution >= 4 is 29.2 Å². The number of carbonyl (C=O) groups is 1. The van der Waals surface area contributed by atoms with E-state index in [1.165, 1.54) is 7.11 Å². The van der Waals surface area contributed by atoms with Crippen LogP contribution in [-0.2, 0) is 16.1 Å². The number of rotatable bonds is 6. The Kier molecular flexibility index (Phi) is 6.47. The molecule has 0 aliphatic heterocycles. The van der Waals surface area contributed by atoms with Crippen molar-refractivity contribution in [2.75, 3.05) is 20.2 Å². The van der Waals surface area contributed by atoms with Gasteiger partial charge in [-0.1, -0.05) is 36.2 Å². The Balaban J connectivity index is 2.79. The maximum Gasteiger partial charge on any atom is 0.319 e. The van der Waals surface area contributed by atoms with Crippen LogP contribution in [0.25, 0.3) is 0 Å². The number of hydrogen-bond donors (Lipinski definition) is 0. The lowest BCUT2D eigenvalue weighted by atomic mass is 10.2. The fraction of sp³-hybridized carbons (Fsp3) is 0.462. The van der Waals surface area contributed by atoms with Crippen molar-refractivity contribution in [1.82, 2.24) is 4.90 Å². The highest BCUT2D eigenvalue weighted by molar-refractivity contribution is 6.35. The second-order valence-corrected chi connectivity index (χ2v) is 4.80. The van der Waals surface area contributed by atoms with Crippen molar-refractivity contribution < 1.29 is 9.53 Å². The quantitative estimate of drug-likeness (QED) is 0.752. The SMILES string of the molecule is CCCN(CC(=O)OC)Cc1c(Cl)cccc1Cl. The number of nitrogens with zero attached hydrogens (tertiary/aromatic N) is 1. The molecule has 100 valence electrons. The number of methoxy groups -OCH3 is 1. The number of ether oxygens (including phenoxy) is 1. The number of benzene rings is 1. The summed E-state index contributed by atoms with van der Waals surface area (Å²) in [5.41, 5.74) is 0.846. The third kappa shape index (κ3) is 4.48. The number of carbonyl (C=O) groups excluding carboxylic acids is 1. The molecule has 18 heavy (non-hydrogen) atoms. The molecule has 0 amide bonds. The van der Waals surface area contributed by atoms with Gasteiger partial charge in [-0.3, -0.25) is 9.69 Å². The predicted octanol–water partition coefficient (Wildman–Crippen LogP) is 3.38. The van der Waals surface area contributed by atoms with E-state index in [0.717, 1.165) is 18.5 Å². The fourth-order valence-corrected chi connectivity index (χ4v) is 2.20. The van der Waals surface area contributed by atoms with Crippen molar-refractivity contribution in [3.05, 3.63) is 33.8 Å². The molecule has 0 unspecified atom stereocenters.